The minimum atomic E-state index is 0.561. The molecule has 0 unspecified atom stereocenters. The van der Waals surface area contributed by atoms with Gasteiger partial charge < -0.3 is 9.47 Å². The number of methoxy groups -OCH3 is 1. The molecule has 0 aromatic carbocycles. The fraction of sp³-hybridized carbons (Fsp3) is 1.00. The molecule has 0 spiro atoms. The van der Waals surface area contributed by atoms with E-state index in [1.54, 1.807) is 7.11 Å². The van der Waals surface area contributed by atoms with Crippen LogP contribution in [0.5, 0.6) is 0 Å². The van der Waals surface area contributed by atoms with Crippen molar-refractivity contribution in [2.75, 3.05) is 45.9 Å². The topological polar surface area (TPSA) is 21.7 Å². The maximum absolute atomic E-state index is 5.70. The molecule has 0 rings (SSSR count). The minimum absolute atomic E-state index is 0.561. The van der Waals surface area contributed by atoms with Gasteiger partial charge in [-0.2, -0.15) is 0 Å². The van der Waals surface area contributed by atoms with Crippen LogP contribution in [0.4, 0.5) is 0 Å². The van der Waals surface area contributed by atoms with Crippen molar-refractivity contribution in [3.8, 4) is 0 Å². The summed E-state index contributed by atoms with van der Waals surface area (Å²) in [4.78, 5) is 2.40. The predicted octanol–water partition coefficient (Wildman–Crippen LogP) is 2.38. The minimum Gasteiger partial charge on any atom is -0.385 e. The number of hydrogen-bond donors (Lipinski definition) is 0. The van der Waals surface area contributed by atoms with Crippen LogP contribution >= 0.6 is 11.6 Å². The van der Waals surface area contributed by atoms with Crippen LogP contribution in [0, 0.1) is 0 Å². The number of alkyl halides is 1. The predicted molar refractivity (Wildman–Crippen MR) is 69.4 cm³/mol. The van der Waals surface area contributed by atoms with Crippen molar-refractivity contribution in [2.24, 2.45) is 0 Å². The SMILES string of the molecule is COCCCOCCN(CCCCl)C(C)C. The van der Waals surface area contributed by atoms with Crippen molar-refractivity contribution in [3.05, 3.63) is 0 Å². The van der Waals surface area contributed by atoms with E-state index in [-0.39, 0.29) is 0 Å². The molecule has 0 atom stereocenters. The first-order valence-electron chi connectivity index (χ1n) is 6.09. The monoisotopic (exact) mass is 251 g/mol. The van der Waals surface area contributed by atoms with E-state index >= 15 is 0 Å². The fourth-order valence-electron chi connectivity index (χ4n) is 1.48. The van der Waals surface area contributed by atoms with Gasteiger partial charge in [0, 0.05) is 38.8 Å². The van der Waals surface area contributed by atoms with E-state index in [0.29, 0.717) is 6.04 Å². The molecule has 0 fully saturated rings. The van der Waals surface area contributed by atoms with E-state index in [9.17, 15) is 0 Å². The summed E-state index contributed by atoms with van der Waals surface area (Å²) in [7, 11) is 1.71. The molecule has 0 aromatic heterocycles. The van der Waals surface area contributed by atoms with E-state index in [4.69, 9.17) is 21.1 Å². The zero-order valence-electron chi connectivity index (χ0n) is 10.9. The molecule has 0 N–H and O–H groups in total. The third-order valence-corrected chi connectivity index (χ3v) is 2.74. The van der Waals surface area contributed by atoms with Crippen molar-refractivity contribution >= 4 is 11.6 Å². The van der Waals surface area contributed by atoms with Gasteiger partial charge in [0.2, 0.25) is 0 Å². The largest absolute Gasteiger partial charge is 0.385 e. The van der Waals surface area contributed by atoms with Crippen LogP contribution in [-0.2, 0) is 9.47 Å². The summed E-state index contributed by atoms with van der Waals surface area (Å²) in [5.41, 5.74) is 0. The molecular weight excluding hydrogens is 226 g/mol. The van der Waals surface area contributed by atoms with Crippen LogP contribution in [0.2, 0.25) is 0 Å². The summed E-state index contributed by atoms with van der Waals surface area (Å²) in [6.45, 7) is 8.82. The van der Waals surface area contributed by atoms with E-state index in [0.717, 1.165) is 51.6 Å². The summed E-state index contributed by atoms with van der Waals surface area (Å²) in [5, 5.41) is 0. The zero-order valence-corrected chi connectivity index (χ0v) is 11.6. The van der Waals surface area contributed by atoms with Gasteiger partial charge in [0.1, 0.15) is 0 Å². The second kappa shape index (κ2) is 11.6. The van der Waals surface area contributed by atoms with Gasteiger partial charge in [-0.25, -0.2) is 0 Å². The molecule has 0 aromatic rings. The number of nitrogens with zero attached hydrogens (tertiary/aromatic N) is 1. The average Bonchev–Trinajstić information content (AvgIpc) is 2.26. The number of rotatable bonds is 11. The number of ether oxygens (including phenoxy) is 2. The highest BCUT2D eigenvalue weighted by Crippen LogP contribution is 2.00. The zero-order chi connectivity index (χ0) is 12.2. The number of hydrogen-bond acceptors (Lipinski definition) is 3. The maximum Gasteiger partial charge on any atom is 0.0593 e. The summed E-state index contributed by atoms with van der Waals surface area (Å²) >= 11 is 5.70. The summed E-state index contributed by atoms with van der Waals surface area (Å²) < 4.78 is 10.5. The van der Waals surface area contributed by atoms with Crippen LogP contribution in [0.15, 0.2) is 0 Å². The Bertz CT molecular complexity index is 145. The van der Waals surface area contributed by atoms with Crippen molar-refractivity contribution in [1.29, 1.82) is 0 Å². The molecule has 0 saturated carbocycles. The lowest BCUT2D eigenvalue weighted by atomic mass is 10.3. The molecule has 98 valence electrons. The Labute approximate surface area is 105 Å². The van der Waals surface area contributed by atoms with Crippen molar-refractivity contribution in [1.82, 2.24) is 4.90 Å². The summed E-state index contributed by atoms with van der Waals surface area (Å²) in [6.07, 6.45) is 2.02. The van der Waals surface area contributed by atoms with Gasteiger partial charge in [-0.1, -0.05) is 0 Å². The first-order valence-corrected chi connectivity index (χ1v) is 6.62. The summed E-state index contributed by atoms with van der Waals surface area (Å²) in [5.74, 6) is 0.734. The maximum atomic E-state index is 5.70. The van der Waals surface area contributed by atoms with Gasteiger partial charge in [-0.05, 0) is 33.2 Å². The van der Waals surface area contributed by atoms with E-state index < -0.39 is 0 Å². The molecule has 3 nitrogen and oxygen atoms in total. The Morgan fingerprint density at radius 2 is 1.81 bits per heavy atom. The smallest absolute Gasteiger partial charge is 0.0593 e. The fourth-order valence-corrected chi connectivity index (χ4v) is 1.60. The lowest BCUT2D eigenvalue weighted by Crippen LogP contribution is -2.35. The van der Waals surface area contributed by atoms with Gasteiger partial charge >= 0.3 is 0 Å². The van der Waals surface area contributed by atoms with Gasteiger partial charge in [-0.15, -0.1) is 11.6 Å². The molecule has 0 aliphatic heterocycles. The molecule has 0 bridgehead atoms. The molecule has 4 heteroatoms. The highest BCUT2D eigenvalue weighted by atomic mass is 35.5. The van der Waals surface area contributed by atoms with E-state index in [1.165, 1.54) is 0 Å². The third-order valence-electron chi connectivity index (χ3n) is 2.47. The molecule has 0 aliphatic rings. The Morgan fingerprint density at radius 1 is 1.06 bits per heavy atom. The standard InChI is InChI=1S/C12H26ClNO2/c1-12(2)14(7-4-6-13)8-11-16-10-5-9-15-3/h12H,4-11H2,1-3H3. The van der Waals surface area contributed by atoms with Crippen LogP contribution in [0.1, 0.15) is 26.7 Å². The second-order valence-electron chi connectivity index (χ2n) is 4.13. The Balaban J connectivity index is 3.44. The van der Waals surface area contributed by atoms with Gasteiger partial charge in [0.05, 0.1) is 6.61 Å². The van der Waals surface area contributed by atoms with Gasteiger partial charge in [0.25, 0.3) is 0 Å². The van der Waals surface area contributed by atoms with Crippen molar-refractivity contribution < 1.29 is 9.47 Å². The van der Waals surface area contributed by atoms with Gasteiger partial charge in [-0.3, -0.25) is 4.90 Å². The highest BCUT2D eigenvalue weighted by Gasteiger charge is 2.07. The molecule has 0 heterocycles. The molecule has 0 saturated heterocycles. The van der Waals surface area contributed by atoms with Crippen LogP contribution in [0.3, 0.4) is 0 Å². The van der Waals surface area contributed by atoms with E-state index in [1.807, 2.05) is 0 Å². The van der Waals surface area contributed by atoms with Gasteiger partial charge in [0.15, 0.2) is 0 Å². The first kappa shape index (κ1) is 16.2. The first-order chi connectivity index (χ1) is 7.72. The Kier molecular flexibility index (Phi) is 11.8. The lowest BCUT2D eigenvalue weighted by molar-refractivity contribution is 0.0763. The molecule has 16 heavy (non-hydrogen) atoms. The molecular formula is C12H26ClNO2. The van der Waals surface area contributed by atoms with Crippen LogP contribution < -0.4 is 0 Å². The number of halogens is 1. The average molecular weight is 252 g/mol. The third kappa shape index (κ3) is 9.40. The second-order valence-corrected chi connectivity index (χ2v) is 4.51. The molecule has 0 aliphatic carbocycles. The van der Waals surface area contributed by atoms with Crippen LogP contribution in [-0.4, -0.2) is 56.8 Å². The Hall–Kier alpha value is 0.170. The highest BCUT2D eigenvalue weighted by molar-refractivity contribution is 6.17. The lowest BCUT2D eigenvalue weighted by Gasteiger charge is -2.25. The quantitative estimate of drug-likeness (QED) is 0.416. The summed E-state index contributed by atoms with van der Waals surface area (Å²) in [6, 6.07) is 0.561. The molecule has 0 radical (unpaired) electrons. The Morgan fingerprint density at radius 3 is 2.38 bits per heavy atom. The normalized spacial score (nSPS) is 11.6. The van der Waals surface area contributed by atoms with E-state index in [2.05, 4.69) is 18.7 Å². The van der Waals surface area contributed by atoms with Crippen molar-refractivity contribution in [3.63, 3.8) is 0 Å². The van der Waals surface area contributed by atoms with Crippen molar-refractivity contribution in [2.45, 2.75) is 32.7 Å². The molecule has 0 amide bonds. The van der Waals surface area contributed by atoms with Crippen LogP contribution in [0.25, 0.3) is 0 Å².